The lowest BCUT2D eigenvalue weighted by Crippen LogP contribution is -2.12. The van der Waals surface area contributed by atoms with Crippen LogP contribution in [0.4, 0.5) is 0 Å². The lowest BCUT2D eigenvalue weighted by Gasteiger charge is -2.08. The average molecular weight is 182 g/mol. The van der Waals surface area contributed by atoms with Crippen LogP contribution in [-0.2, 0) is 0 Å². The number of rotatable bonds is 3. The molecular weight excluding hydrogens is 168 g/mol. The fourth-order valence-electron chi connectivity index (χ4n) is 0.923. The molecule has 3 heteroatoms. The molecule has 1 aromatic rings. The molecule has 0 aliphatic carbocycles. The van der Waals surface area contributed by atoms with Crippen molar-refractivity contribution in [2.24, 2.45) is 5.92 Å². The van der Waals surface area contributed by atoms with E-state index >= 15 is 0 Å². The molecule has 0 spiro atoms. The maximum absolute atomic E-state index is 11.3. The molecule has 1 heterocycles. The summed E-state index contributed by atoms with van der Waals surface area (Å²) in [7, 11) is 0. The third-order valence-corrected chi connectivity index (χ3v) is 1.57. The van der Waals surface area contributed by atoms with Crippen LogP contribution >= 0.6 is 0 Å². The van der Waals surface area contributed by atoms with Crippen LogP contribution in [0, 0.1) is 12.8 Å². The van der Waals surface area contributed by atoms with Crippen LogP contribution in [-0.4, -0.2) is 6.61 Å². The zero-order valence-electron chi connectivity index (χ0n) is 8.16. The van der Waals surface area contributed by atoms with Crippen molar-refractivity contribution in [1.82, 2.24) is 0 Å². The van der Waals surface area contributed by atoms with Gasteiger partial charge in [0, 0.05) is 6.07 Å². The second kappa shape index (κ2) is 4.12. The van der Waals surface area contributed by atoms with E-state index in [0.29, 0.717) is 24.0 Å². The Hall–Kier alpha value is -1.25. The maximum Gasteiger partial charge on any atom is 0.226 e. The van der Waals surface area contributed by atoms with E-state index in [1.807, 2.05) is 13.8 Å². The Labute approximate surface area is 77.3 Å². The summed E-state index contributed by atoms with van der Waals surface area (Å²) in [5, 5.41) is 0. The highest BCUT2D eigenvalue weighted by molar-refractivity contribution is 5.22. The molecule has 0 radical (unpaired) electrons. The summed E-state index contributed by atoms with van der Waals surface area (Å²) in [6.45, 7) is 6.31. The third-order valence-electron chi connectivity index (χ3n) is 1.57. The number of aryl methyl sites for hydroxylation is 1. The van der Waals surface area contributed by atoms with Crippen LogP contribution in [0.2, 0.25) is 0 Å². The van der Waals surface area contributed by atoms with Crippen molar-refractivity contribution in [2.45, 2.75) is 20.8 Å². The van der Waals surface area contributed by atoms with Gasteiger partial charge < -0.3 is 9.15 Å². The van der Waals surface area contributed by atoms with Gasteiger partial charge in [0.2, 0.25) is 11.2 Å². The summed E-state index contributed by atoms with van der Waals surface area (Å²) in [4.78, 5) is 11.3. The zero-order valence-corrected chi connectivity index (χ0v) is 8.16. The van der Waals surface area contributed by atoms with Crippen molar-refractivity contribution in [3.8, 4) is 5.75 Å². The van der Waals surface area contributed by atoms with Gasteiger partial charge in [0.05, 0.1) is 12.9 Å². The van der Waals surface area contributed by atoms with E-state index in [1.165, 1.54) is 12.3 Å². The van der Waals surface area contributed by atoms with Gasteiger partial charge in [0.25, 0.3) is 0 Å². The van der Waals surface area contributed by atoms with Gasteiger partial charge in [0.15, 0.2) is 0 Å². The smallest absolute Gasteiger partial charge is 0.226 e. The lowest BCUT2D eigenvalue weighted by atomic mass is 10.2. The molecule has 0 aliphatic rings. The Morgan fingerprint density at radius 3 is 2.77 bits per heavy atom. The van der Waals surface area contributed by atoms with E-state index in [9.17, 15) is 4.79 Å². The summed E-state index contributed by atoms with van der Waals surface area (Å²) in [5.41, 5.74) is -0.121. The summed E-state index contributed by atoms with van der Waals surface area (Å²) < 4.78 is 10.4. The van der Waals surface area contributed by atoms with Crippen LogP contribution in [0.3, 0.4) is 0 Å². The van der Waals surface area contributed by atoms with Crippen LogP contribution in [0.5, 0.6) is 5.75 Å². The van der Waals surface area contributed by atoms with E-state index in [0.717, 1.165) is 0 Å². The Kier molecular flexibility index (Phi) is 3.12. The van der Waals surface area contributed by atoms with Gasteiger partial charge in [-0.15, -0.1) is 0 Å². The van der Waals surface area contributed by atoms with Gasteiger partial charge in [-0.2, -0.15) is 0 Å². The highest BCUT2D eigenvalue weighted by atomic mass is 16.5. The number of ether oxygens (including phenoxy) is 1. The Bertz CT molecular complexity index is 325. The van der Waals surface area contributed by atoms with Crippen molar-refractivity contribution in [3.63, 3.8) is 0 Å². The predicted molar refractivity (Wildman–Crippen MR) is 50.0 cm³/mol. The summed E-state index contributed by atoms with van der Waals surface area (Å²) >= 11 is 0. The molecule has 0 amide bonds. The first-order chi connectivity index (χ1) is 6.11. The highest BCUT2D eigenvalue weighted by Crippen LogP contribution is 2.11. The van der Waals surface area contributed by atoms with Gasteiger partial charge in [-0.1, -0.05) is 13.8 Å². The second-order valence-corrected chi connectivity index (χ2v) is 3.38. The minimum absolute atomic E-state index is 0.121. The van der Waals surface area contributed by atoms with Gasteiger partial charge in [-0.3, -0.25) is 4.79 Å². The first-order valence-corrected chi connectivity index (χ1v) is 4.32. The molecule has 0 aliphatic heterocycles. The fraction of sp³-hybridized carbons (Fsp3) is 0.500. The molecule has 0 N–H and O–H groups in total. The first-order valence-electron chi connectivity index (χ1n) is 4.32. The van der Waals surface area contributed by atoms with Crippen molar-refractivity contribution < 1.29 is 9.15 Å². The molecule has 1 rings (SSSR count). The van der Waals surface area contributed by atoms with E-state index in [2.05, 4.69) is 0 Å². The van der Waals surface area contributed by atoms with Gasteiger partial charge in [0.1, 0.15) is 5.76 Å². The van der Waals surface area contributed by atoms with Crippen LogP contribution in [0.25, 0.3) is 0 Å². The summed E-state index contributed by atoms with van der Waals surface area (Å²) in [5.74, 6) is 1.27. The third kappa shape index (κ3) is 2.61. The minimum Gasteiger partial charge on any atom is -0.486 e. The van der Waals surface area contributed by atoms with E-state index in [-0.39, 0.29) is 5.43 Å². The molecule has 13 heavy (non-hydrogen) atoms. The maximum atomic E-state index is 11.3. The van der Waals surface area contributed by atoms with Crippen molar-refractivity contribution in [2.75, 3.05) is 6.61 Å². The molecule has 0 saturated carbocycles. The minimum atomic E-state index is -0.121. The first kappa shape index (κ1) is 9.84. The number of hydrogen-bond acceptors (Lipinski definition) is 3. The lowest BCUT2D eigenvalue weighted by molar-refractivity contribution is 0.257. The van der Waals surface area contributed by atoms with Crippen LogP contribution in [0.15, 0.2) is 21.5 Å². The quantitative estimate of drug-likeness (QED) is 0.717. The predicted octanol–water partition coefficient (Wildman–Crippen LogP) is 1.98. The second-order valence-electron chi connectivity index (χ2n) is 3.38. The normalized spacial score (nSPS) is 10.5. The van der Waals surface area contributed by atoms with E-state index in [4.69, 9.17) is 9.15 Å². The van der Waals surface area contributed by atoms with Crippen LogP contribution in [0.1, 0.15) is 19.6 Å². The summed E-state index contributed by atoms with van der Waals surface area (Å²) in [6.07, 6.45) is 1.37. The topological polar surface area (TPSA) is 39.4 Å². The standard InChI is InChI=1S/C10H14O3/c1-7(2)6-13-10-8(3)12-5-4-9(10)11/h4-5,7H,6H2,1-3H3. The Morgan fingerprint density at radius 2 is 2.23 bits per heavy atom. The van der Waals surface area contributed by atoms with Gasteiger partial charge in [-0.05, 0) is 12.8 Å². The fourth-order valence-corrected chi connectivity index (χ4v) is 0.923. The molecule has 0 bridgehead atoms. The molecular formula is C10H14O3. The average Bonchev–Trinajstić information content (AvgIpc) is 2.03. The Morgan fingerprint density at radius 1 is 1.54 bits per heavy atom. The van der Waals surface area contributed by atoms with Crippen molar-refractivity contribution >= 4 is 0 Å². The molecule has 0 saturated heterocycles. The Balaban J connectivity index is 2.81. The monoisotopic (exact) mass is 182 g/mol. The molecule has 0 aromatic carbocycles. The summed E-state index contributed by atoms with van der Waals surface area (Å²) in [6, 6.07) is 1.36. The molecule has 0 fully saturated rings. The largest absolute Gasteiger partial charge is 0.486 e. The van der Waals surface area contributed by atoms with E-state index < -0.39 is 0 Å². The highest BCUT2D eigenvalue weighted by Gasteiger charge is 2.06. The van der Waals surface area contributed by atoms with Crippen LogP contribution < -0.4 is 10.2 Å². The molecule has 0 atom stereocenters. The zero-order chi connectivity index (χ0) is 9.84. The molecule has 3 nitrogen and oxygen atoms in total. The van der Waals surface area contributed by atoms with Gasteiger partial charge >= 0.3 is 0 Å². The van der Waals surface area contributed by atoms with Gasteiger partial charge in [-0.25, -0.2) is 0 Å². The SMILES string of the molecule is Cc1occc(=O)c1OCC(C)C. The molecule has 72 valence electrons. The molecule has 1 aromatic heterocycles. The van der Waals surface area contributed by atoms with Crippen molar-refractivity contribution in [1.29, 1.82) is 0 Å². The molecule has 0 unspecified atom stereocenters. The number of hydrogen-bond donors (Lipinski definition) is 0. The van der Waals surface area contributed by atoms with E-state index in [1.54, 1.807) is 6.92 Å². The van der Waals surface area contributed by atoms with Crippen molar-refractivity contribution in [3.05, 3.63) is 28.3 Å².